The molecule has 1 aromatic carbocycles. The molecule has 8 heteroatoms. The number of nitrogens with one attached hydrogen (secondary N) is 1. The fraction of sp³-hybridized carbons (Fsp3) is 0.593. The largest absolute Gasteiger partial charge is 0.387 e. The Balaban J connectivity index is 1.36. The maximum Gasteiger partial charge on any atom is 0.231 e. The lowest BCUT2D eigenvalue weighted by molar-refractivity contribution is -0.133. The van der Waals surface area contributed by atoms with E-state index in [1.807, 2.05) is 17.9 Å². The van der Waals surface area contributed by atoms with Crippen molar-refractivity contribution in [1.82, 2.24) is 20.2 Å². The van der Waals surface area contributed by atoms with E-state index in [1.54, 1.807) is 6.07 Å². The van der Waals surface area contributed by atoms with Crippen molar-refractivity contribution in [1.29, 1.82) is 0 Å². The van der Waals surface area contributed by atoms with Crippen LogP contribution in [0.15, 0.2) is 24.5 Å². The highest BCUT2D eigenvalue weighted by Crippen LogP contribution is 2.43. The molecule has 0 saturated carbocycles. The minimum absolute atomic E-state index is 0.0145. The smallest absolute Gasteiger partial charge is 0.231 e. The number of aryl methyl sites for hydroxylation is 1. The molecule has 2 aromatic rings. The molecule has 0 unspecified atom stereocenters. The molecule has 1 aliphatic carbocycles. The Bertz CT molecular complexity index is 1110. The first kappa shape index (κ1) is 24.1. The monoisotopic (exact) mass is 481 g/mol. The number of piperazine rings is 1. The average Bonchev–Trinajstić information content (AvgIpc) is 3.33. The van der Waals surface area contributed by atoms with Crippen molar-refractivity contribution in [2.75, 3.05) is 31.1 Å². The second-order valence-corrected chi connectivity index (χ2v) is 11.1. The molecule has 188 valence electrons. The number of aliphatic hydroxyl groups is 1. The molecular weight excluding hydrogens is 445 g/mol. The fourth-order valence-electron chi connectivity index (χ4n) is 6.11. The van der Waals surface area contributed by atoms with Crippen LogP contribution in [-0.4, -0.2) is 63.6 Å². The van der Waals surface area contributed by atoms with Gasteiger partial charge >= 0.3 is 0 Å². The van der Waals surface area contributed by atoms with Gasteiger partial charge in [-0.15, -0.1) is 0 Å². The summed E-state index contributed by atoms with van der Waals surface area (Å²) in [6, 6.07) is 5.11. The predicted octanol–water partition coefficient (Wildman–Crippen LogP) is 3.43. The number of aliphatic hydroxyl groups excluding tert-OH is 1. The number of aromatic nitrogens is 2. The van der Waals surface area contributed by atoms with Crippen molar-refractivity contribution < 1.29 is 14.3 Å². The number of hydrogen-bond donors (Lipinski definition) is 2. The zero-order valence-electron chi connectivity index (χ0n) is 21.1. The molecule has 7 nitrogen and oxygen atoms in total. The summed E-state index contributed by atoms with van der Waals surface area (Å²) in [7, 11) is 0. The van der Waals surface area contributed by atoms with Gasteiger partial charge in [0, 0.05) is 48.9 Å². The van der Waals surface area contributed by atoms with Crippen LogP contribution in [-0.2, 0) is 4.79 Å². The SMILES string of the molecule is Cc1ccc([C@H](C(=O)N2CCN(c3ncnc4c3[C@H](C)C[C@H]4O)CC2)[C@@H]2CCC(C)(C)N2)c(F)c1. The van der Waals surface area contributed by atoms with Gasteiger partial charge in [-0.1, -0.05) is 19.1 Å². The van der Waals surface area contributed by atoms with Gasteiger partial charge < -0.3 is 20.2 Å². The van der Waals surface area contributed by atoms with Crippen LogP contribution in [0.4, 0.5) is 10.2 Å². The van der Waals surface area contributed by atoms with Gasteiger partial charge in [0.05, 0.1) is 17.7 Å². The third-order valence-corrected chi connectivity index (χ3v) is 7.99. The summed E-state index contributed by atoms with van der Waals surface area (Å²) in [4.78, 5) is 26.8. The number of amides is 1. The highest BCUT2D eigenvalue weighted by molar-refractivity contribution is 5.85. The molecule has 3 aliphatic rings. The number of fused-ring (bicyclic) bond motifs is 1. The van der Waals surface area contributed by atoms with E-state index in [2.05, 4.69) is 41.0 Å². The minimum Gasteiger partial charge on any atom is -0.387 e. The first-order valence-corrected chi connectivity index (χ1v) is 12.7. The number of hydrogen-bond acceptors (Lipinski definition) is 6. The number of nitrogens with zero attached hydrogens (tertiary/aromatic N) is 4. The second-order valence-electron chi connectivity index (χ2n) is 11.1. The lowest BCUT2D eigenvalue weighted by Gasteiger charge is -2.39. The van der Waals surface area contributed by atoms with Crippen molar-refractivity contribution in [3.63, 3.8) is 0 Å². The Hall–Kier alpha value is -2.58. The van der Waals surface area contributed by atoms with Crippen molar-refractivity contribution in [2.24, 2.45) is 0 Å². The van der Waals surface area contributed by atoms with Gasteiger partial charge in [-0.25, -0.2) is 14.4 Å². The van der Waals surface area contributed by atoms with E-state index in [0.717, 1.165) is 35.5 Å². The van der Waals surface area contributed by atoms with Crippen LogP contribution in [0.1, 0.15) is 80.4 Å². The van der Waals surface area contributed by atoms with Crippen LogP contribution in [0.3, 0.4) is 0 Å². The normalized spacial score (nSPS) is 26.6. The van der Waals surface area contributed by atoms with Gasteiger partial charge in [-0.2, -0.15) is 0 Å². The Morgan fingerprint density at radius 2 is 1.97 bits per heavy atom. The molecule has 2 fully saturated rings. The van der Waals surface area contributed by atoms with Gasteiger partial charge in [0.25, 0.3) is 0 Å². The molecule has 1 aromatic heterocycles. The van der Waals surface area contributed by atoms with Gasteiger partial charge in [-0.05, 0) is 57.6 Å². The Morgan fingerprint density at radius 3 is 2.63 bits per heavy atom. The van der Waals surface area contributed by atoms with E-state index in [-0.39, 0.29) is 29.2 Å². The molecule has 3 heterocycles. The van der Waals surface area contributed by atoms with Gasteiger partial charge in [-0.3, -0.25) is 4.79 Å². The lowest BCUT2D eigenvalue weighted by Crippen LogP contribution is -2.53. The maximum atomic E-state index is 15.1. The highest BCUT2D eigenvalue weighted by atomic mass is 19.1. The molecule has 35 heavy (non-hydrogen) atoms. The third kappa shape index (κ3) is 4.54. The molecule has 0 bridgehead atoms. The number of anilines is 1. The van der Waals surface area contributed by atoms with Crippen LogP contribution < -0.4 is 10.2 Å². The standard InChI is InChI=1S/C27H36FN5O2/c1-16-5-6-18(19(28)13-16)23(20-7-8-27(3,4)31-20)26(35)33-11-9-32(10-12-33)25-22-17(2)14-21(34)24(22)29-15-30-25/h5-6,13,15,17,20-21,23,31,34H,7-12,14H2,1-4H3/t17-,20+,21-,23+/m1/s1. The summed E-state index contributed by atoms with van der Waals surface area (Å²) >= 11 is 0. The molecule has 0 radical (unpaired) electrons. The minimum atomic E-state index is -0.553. The van der Waals surface area contributed by atoms with Crippen LogP contribution in [0, 0.1) is 12.7 Å². The zero-order valence-corrected chi connectivity index (χ0v) is 21.1. The van der Waals surface area contributed by atoms with Crippen LogP contribution >= 0.6 is 0 Å². The quantitative estimate of drug-likeness (QED) is 0.697. The molecular formula is C27H36FN5O2. The van der Waals surface area contributed by atoms with Crippen LogP contribution in [0.5, 0.6) is 0 Å². The van der Waals surface area contributed by atoms with Crippen molar-refractivity contribution in [2.45, 2.75) is 76.5 Å². The molecule has 4 atom stereocenters. The fourth-order valence-corrected chi connectivity index (χ4v) is 6.11. The number of carbonyl (C=O) groups excluding carboxylic acids is 1. The number of carbonyl (C=O) groups is 1. The van der Waals surface area contributed by atoms with E-state index in [9.17, 15) is 9.90 Å². The van der Waals surface area contributed by atoms with Crippen LogP contribution in [0.25, 0.3) is 0 Å². The van der Waals surface area contributed by atoms with Gasteiger partial charge in [0.2, 0.25) is 5.91 Å². The van der Waals surface area contributed by atoms with Gasteiger partial charge in [0.1, 0.15) is 18.0 Å². The van der Waals surface area contributed by atoms with Crippen LogP contribution in [0.2, 0.25) is 0 Å². The molecule has 2 saturated heterocycles. The van der Waals surface area contributed by atoms with E-state index >= 15 is 4.39 Å². The Kier molecular flexibility index (Phi) is 6.30. The van der Waals surface area contributed by atoms with Crippen molar-refractivity contribution >= 4 is 11.7 Å². The molecule has 1 amide bonds. The van der Waals surface area contributed by atoms with E-state index in [4.69, 9.17) is 0 Å². The summed E-state index contributed by atoms with van der Waals surface area (Å²) < 4.78 is 15.1. The van der Waals surface area contributed by atoms with Crippen molar-refractivity contribution in [3.8, 4) is 0 Å². The molecule has 0 spiro atoms. The first-order valence-electron chi connectivity index (χ1n) is 12.7. The summed E-state index contributed by atoms with van der Waals surface area (Å²) in [5.74, 6) is 0.187. The molecule has 5 rings (SSSR count). The first-order chi connectivity index (χ1) is 16.6. The van der Waals surface area contributed by atoms with Gasteiger partial charge in [0.15, 0.2) is 0 Å². The third-order valence-electron chi connectivity index (χ3n) is 7.99. The van der Waals surface area contributed by atoms with E-state index in [0.29, 0.717) is 38.2 Å². The van der Waals surface area contributed by atoms with E-state index < -0.39 is 12.0 Å². The molecule has 2 N–H and O–H groups in total. The lowest BCUT2D eigenvalue weighted by atomic mass is 9.88. The number of rotatable bonds is 4. The average molecular weight is 482 g/mol. The second kappa shape index (κ2) is 9.13. The topological polar surface area (TPSA) is 81.6 Å². The molecule has 2 aliphatic heterocycles. The summed E-state index contributed by atoms with van der Waals surface area (Å²) in [5, 5.41) is 13.9. The number of halogens is 1. The maximum absolute atomic E-state index is 15.1. The number of benzene rings is 1. The summed E-state index contributed by atoms with van der Waals surface area (Å²) in [6.45, 7) is 10.6. The Labute approximate surface area is 206 Å². The summed E-state index contributed by atoms with van der Waals surface area (Å²) in [6.07, 6.45) is 3.43. The highest BCUT2D eigenvalue weighted by Gasteiger charge is 2.42. The Morgan fingerprint density at radius 1 is 1.23 bits per heavy atom. The predicted molar refractivity (Wildman–Crippen MR) is 133 cm³/mol. The van der Waals surface area contributed by atoms with E-state index in [1.165, 1.54) is 12.4 Å². The van der Waals surface area contributed by atoms with Crippen molar-refractivity contribution in [3.05, 3.63) is 52.7 Å². The zero-order chi connectivity index (χ0) is 24.9. The summed E-state index contributed by atoms with van der Waals surface area (Å²) in [5.41, 5.74) is 3.01.